The van der Waals surface area contributed by atoms with Crippen LogP contribution in [0.25, 0.3) is 0 Å². The number of urea groups is 1. The molecule has 0 aromatic carbocycles. The van der Waals surface area contributed by atoms with Crippen molar-refractivity contribution in [2.24, 2.45) is 11.8 Å². The van der Waals surface area contributed by atoms with Crippen molar-refractivity contribution in [1.82, 2.24) is 15.1 Å². The monoisotopic (exact) mass is 297 g/mol. The number of nitrogens with zero attached hydrogens (tertiary/aromatic N) is 2. The van der Waals surface area contributed by atoms with Crippen molar-refractivity contribution in [3.8, 4) is 0 Å². The second-order valence-electron chi connectivity index (χ2n) is 6.46. The minimum Gasteiger partial charge on any atom is -0.481 e. The fourth-order valence-corrected chi connectivity index (χ4v) is 3.29. The number of rotatable bonds is 4. The molecule has 1 unspecified atom stereocenters. The number of piperidine rings is 1. The maximum atomic E-state index is 12.1. The molecule has 2 amide bonds. The summed E-state index contributed by atoms with van der Waals surface area (Å²) in [4.78, 5) is 27.3. The van der Waals surface area contributed by atoms with Crippen molar-refractivity contribution >= 4 is 12.0 Å². The lowest BCUT2D eigenvalue weighted by atomic mass is 9.99. The average Bonchev–Trinajstić information content (AvgIpc) is 2.87. The molecule has 2 heterocycles. The third-order valence-electron chi connectivity index (χ3n) is 4.78. The summed E-state index contributed by atoms with van der Waals surface area (Å²) < 4.78 is 0. The van der Waals surface area contributed by atoms with Crippen LogP contribution in [0.5, 0.6) is 0 Å². The molecule has 0 saturated carbocycles. The minimum atomic E-state index is -0.806. The highest BCUT2D eigenvalue weighted by Gasteiger charge is 2.37. The van der Waals surface area contributed by atoms with Crippen LogP contribution in [0.15, 0.2) is 0 Å². The zero-order valence-electron chi connectivity index (χ0n) is 13.0. The molecule has 6 nitrogen and oxygen atoms in total. The van der Waals surface area contributed by atoms with E-state index in [1.807, 2.05) is 6.92 Å². The normalized spacial score (nSPS) is 28.4. The van der Waals surface area contributed by atoms with Gasteiger partial charge in [-0.1, -0.05) is 13.3 Å². The van der Waals surface area contributed by atoms with Gasteiger partial charge in [-0.25, -0.2) is 4.79 Å². The van der Waals surface area contributed by atoms with Crippen LogP contribution in [0.4, 0.5) is 4.79 Å². The molecule has 21 heavy (non-hydrogen) atoms. The first kappa shape index (κ1) is 16.1. The fourth-order valence-electron chi connectivity index (χ4n) is 3.29. The van der Waals surface area contributed by atoms with Gasteiger partial charge in [0.1, 0.15) is 0 Å². The van der Waals surface area contributed by atoms with E-state index in [9.17, 15) is 9.59 Å². The van der Waals surface area contributed by atoms with E-state index in [1.54, 1.807) is 4.90 Å². The molecular formula is C15H27N3O3. The molecule has 2 N–H and O–H groups in total. The van der Waals surface area contributed by atoms with Gasteiger partial charge in [-0.05, 0) is 38.8 Å². The molecule has 120 valence electrons. The van der Waals surface area contributed by atoms with Crippen molar-refractivity contribution in [2.45, 2.75) is 39.2 Å². The molecule has 0 aromatic heterocycles. The van der Waals surface area contributed by atoms with Crippen molar-refractivity contribution in [1.29, 1.82) is 0 Å². The SMILES string of the molecule is CC(CNC(=O)N1C[C@@H](C)[C@H](C(=O)O)C1)N1CCCCC1. The molecule has 0 bridgehead atoms. The molecule has 0 spiro atoms. The Hall–Kier alpha value is -1.30. The summed E-state index contributed by atoms with van der Waals surface area (Å²) in [7, 11) is 0. The molecule has 2 saturated heterocycles. The number of hydrogen-bond acceptors (Lipinski definition) is 3. The first-order chi connectivity index (χ1) is 9.99. The molecule has 2 fully saturated rings. The summed E-state index contributed by atoms with van der Waals surface area (Å²) in [6.07, 6.45) is 3.78. The quantitative estimate of drug-likeness (QED) is 0.818. The number of amides is 2. The first-order valence-electron chi connectivity index (χ1n) is 7.98. The summed E-state index contributed by atoms with van der Waals surface area (Å²) in [5, 5.41) is 12.1. The number of aliphatic carboxylic acids is 1. The largest absolute Gasteiger partial charge is 0.481 e. The Morgan fingerprint density at radius 3 is 2.48 bits per heavy atom. The highest BCUT2D eigenvalue weighted by molar-refractivity contribution is 5.77. The first-order valence-corrected chi connectivity index (χ1v) is 7.98. The van der Waals surface area contributed by atoms with Gasteiger partial charge in [0.2, 0.25) is 0 Å². The molecule has 2 aliphatic heterocycles. The van der Waals surface area contributed by atoms with E-state index in [4.69, 9.17) is 5.11 Å². The van der Waals surface area contributed by atoms with Gasteiger partial charge in [-0.15, -0.1) is 0 Å². The number of carbonyl (C=O) groups is 2. The van der Waals surface area contributed by atoms with Gasteiger partial charge in [-0.3, -0.25) is 9.69 Å². The van der Waals surface area contributed by atoms with Crippen molar-refractivity contribution in [3.63, 3.8) is 0 Å². The molecule has 6 heteroatoms. The Labute approximate surface area is 126 Å². The van der Waals surface area contributed by atoms with E-state index in [-0.39, 0.29) is 11.9 Å². The van der Waals surface area contributed by atoms with Crippen LogP contribution in [-0.2, 0) is 4.79 Å². The van der Waals surface area contributed by atoms with E-state index >= 15 is 0 Å². The lowest BCUT2D eigenvalue weighted by molar-refractivity contribution is -0.142. The standard InChI is InChI=1S/C15H27N3O3/c1-11-9-18(10-13(11)14(19)20)15(21)16-8-12(2)17-6-4-3-5-7-17/h11-13H,3-10H2,1-2H3,(H,16,21)(H,19,20)/t11-,12?,13-/m1/s1. The Balaban J connectivity index is 1.75. The highest BCUT2D eigenvalue weighted by Crippen LogP contribution is 2.23. The maximum absolute atomic E-state index is 12.1. The number of carboxylic acid groups (broad SMARTS) is 1. The van der Waals surface area contributed by atoms with E-state index < -0.39 is 11.9 Å². The minimum absolute atomic E-state index is 0.0211. The van der Waals surface area contributed by atoms with E-state index in [1.165, 1.54) is 19.3 Å². The van der Waals surface area contributed by atoms with Gasteiger partial charge in [0.25, 0.3) is 0 Å². The van der Waals surface area contributed by atoms with Gasteiger partial charge >= 0.3 is 12.0 Å². The van der Waals surface area contributed by atoms with Crippen molar-refractivity contribution in [3.05, 3.63) is 0 Å². The predicted molar refractivity (Wildman–Crippen MR) is 80.1 cm³/mol. The van der Waals surface area contributed by atoms with Gasteiger partial charge in [0.15, 0.2) is 0 Å². The van der Waals surface area contributed by atoms with Crippen LogP contribution in [-0.4, -0.2) is 65.7 Å². The van der Waals surface area contributed by atoms with Crippen molar-refractivity contribution in [2.75, 3.05) is 32.7 Å². The smallest absolute Gasteiger partial charge is 0.317 e. The second kappa shape index (κ2) is 7.11. The molecule has 3 atom stereocenters. The molecule has 0 aliphatic carbocycles. The molecule has 2 rings (SSSR count). The lowest BCUT2D eigenvalue weighted by Crippen LogP contribution is -2.47. The molecule has 0 aromatic rings. The van der Waals surface area contributed by atoms with Crippen molar-refractivity contribution < 1.29 is 14.7 Å². The third kappa shape index (κ3) is 4.09. The van der Waals surface area contributed by atoms with Crippen LogP contribution in [0.3, 0.4) is 0 Å². The number of carbonyl (C=O) groups excluding carboxylic acids is 1. The number of carboxylic acids is 1. The zero-order chi connectivity index (χ0) is 15.4. The van der Waals surface area contributed by atoms with Crippen LogP contribution in [0, 0.1) is 11.8 Å². The summed E-state index contributed by atoms with van der Waals surface area (Å²) in [6.45, 7) is 7.72. The molecule has 2 aliphatic rings. The Morgan fingerprint density at radius 2 is 1.90 bits per heavy atom. The van der Waals surface area contributed by atoms with Gasteiger partial charge in [0.05, 0.1) is 5.92 Å². The van der Waals surface area contributed by atoms with E-state index in [0.717, 1.165) is 13.1 Å². The Morgan fingerprint density at radius 1 is 1.24 bits per heavy atom. The summed E-state index contributed by atoms with van der Waals surface area (Å²) in [6, 6.07) is 0.207. The highest BCUT2D eigenvalue weighted by atomic mass is 16.4. The van der Waals surface area contributed by atoms with Gasteiger partial charge in [0, 0.05) is 25.7 Å². The summed E-state index contributed by atoms with van der Waals surface area (Å²) in [5.74, 6) is -1.22. The summed E-state index contributed by atoms with van der Waals surface area (Å²) in [5.41, 5.74) is 0. The zero-order valence-corrected chi connectivity index (χ0v) is 13.0. The maximum Gasteiger partial charge on any atom is 0.317 e. The summed E-state index contributed by atoms with van der Waals surface area (Å²) >= 11 is 0. The van der Waals surface area contributed by atoms with E-state index in [0.29, 0.717) is 25.7 Å². The van der Waals surface area contributed by atoms with Gasteiger partial charge < -0.3 is 15.3 Å². The predicted octanol–water partition coefficient (Wildman–Crippen LogP) is 1.22. The third-order valence-corrected chi connectivity index (χ3v) is 4.78. The van der Waals surface area contributed by atoms with Crippen LogP contribution < -0.4 is 5.32 Å². The Bertz CT molecular complexity index is 382. The molecular weight excluding hydrogens is 270 g/mol. The average molecular weight is 297 g/mol. The fraction of sp³-hybridized carbons (Fsp3) is 0.867. The molecule has 0 radical (unpaired) electrons. The van der Waals surface area contributed by atoms with Gasteiger partial charge in [-0.2, -0.15) is 0 Å². The number of hydrogen-bond donors (Lipinski definition) is 2. The van der Waals surface area contributed by atoms with Crippen LogP contribution >= 0.6 is 0 Å². The number of nitrogens with one attached hydrogen (secondary N) is 1. The number of likely N-dealkylation sites (tertiary alicyclic amines) is 2. The van der Waals surface area contributed by atoms with E-state index in [2.05, 4.69) is 17.1 Å². The van der Waals surface area contributed by atoms with Crippen LogP contribution in [0.1, 0.15) is 33.1 Å². The van der Waals surface area contributed by atoms with Crippen LogP contribution in [0.2, 0.25) is 0 Å². The lowest BCUT2D eigenvalue weighted by Gasteiger charge is -2.32. The Kier molecular flexibility index (Phi) is 5.45. The second-order valence-corrected chi connectivity index (χ2v) is 6.46. The topological polar surface area (TPSA) is 72.9 Å².